The van der Waals surface area contributed by atoms with E-state index in [2.05, 4.69) is 52.2 Å². The zero-order chi connectivity index (χ0) is 19.1. The van der Waals surface area contributed by atoms with Crippen molar-refractivity contribution in [2.24, 2.45) is 10.2 Å². The Hall–Kier alpha value is -2.31. The number of thiazole rings is 1. The quantitative estimate of drug-likeness (QED) is 0.471. The third-order valence-corrected chi connectivity index (χ3v) is 5.38. The Morgan fingerprint density at radius 1 is 1.07 bits per heavy atom. The molecule has 0 saturated carbocycles. The lowest BCUT2D eigenvalue weighted by molar-refractivity contribution is 0.302. The van der Waals surface area contributed by atoms with Crippen molar-refractivity contribution in [3.8, 4) is 0 Å². The number of aryl methyl sites for hydroxylation is 1. The molecule has 6 heteroatoms. The van der Waals surface area contributed by atoms with Gasteiger partial charge in [-0.15, -0.1) is 10.2 Å². The molecule has 0 spiro atoms. The van der Waals surface area contributed by atoms with Crippen molar-refractivity contribution in [1.29, 1.82) is 0 Å². The fourth-order valence-electron chi connectivity index (χ4n) is 2.96. The van der Waals surface area contributed by atoms with Crippen LogP contribution in [0.25, 0.3) is 10.2 Å². The van der Waals surface area contributed by atoms with Gasteiger partial charge in [-0.3, -0.25) is 0 Å². The third kappa shape index (κ3) is 5.11. The molecule has 0 aliphatic heterocycles. The molecule has 0 saturated heterocycles. The second-order valence-electron chi connectivity index (χ2n) is 6.42. The van der Waals surface area contributed by atoms with Crippen LogP contribution in [0.4, 0.5) is 16.5 Å². The molecule has 142 valence electrons. The summed E-state index contributed by atoms with van der Waals surface area (Å²) in [5.41, 5.74) is 4.20. The molecule has 1 N–H and O–H groups in total. The zero-order valence-electron chi connectivity index (χ0n) is 15.9. The number of anilines is 1. The highest BCUT2D eigenvalue weighted by Crippen LogP contribution is 2.30. The molecule has 1 heterocycles. The highest BCUT2D eigenvalue weighted by Gasteiger charge is 2.05. The molecular formula is C21H26N4OS. The topological polar surface area (TPSA) is 61.1 Å². The van der Waals surface area contributed by atoms with Gasteiger partial charge < -0.3 is 10.0 Å². The number of likely N-dealkylation sites (N-methyl/N-ethyl adjacent to an activating group) is 1. The number of hydrogen-bond donors (Lipinski definition) is 1. The molecule has 3 aromatic rings. The van der Waals surface area contributed by atoms with Crippen LogP contribution in [0, 0.1) is 0 Å². The van der Waals surface area contributed by atoms with E-state index in [1.54, 1.807) is 11.3 Å². The van der Waals surface area contributed by atoms with E-state index < -0.39 is 0 Å². The van der Waals surface area contributed by atoms with Crippen LogP contribution < -0.4 is 4.90 Å². The molecule has 0 radical (unpaired) electrons. The summed E-state index contributed by atoms with van der Waals surface area (Å²) < 4.78 is 1.16. The van der Waals surface area contributed by atoms with E-state index in [4.69, 9.17) is 5.11 Å². The van der Waals surface area contributed by atoms with Gasteiger partial charge in [0, 0.05) is 18.8 Å². The van der Waals surface area contributed by atoms with Crippen LogP contribution in [0.3, 0.4) is 0 Å². The molecule has 0 fully saturated rings. The predicted molar refractivity (Wildman–Crippen MR) is 114 cm³/mol. The lowest BCUT2D eigenvalue weighted by Gasteiger charge is -2.21. The van der Waals surface area contributed by atoms with Gasteiger partial charge in [0.05, 0.1) is 22.5 Å². The summed E-state index contributed by atoms with van der Waals surface area (Å²) in [7, 11) is 0. The summed E-state index contributed by atoms with van der Waals surface area (Å²) in [6, 6.07) is 14.3. The maximum atomic E-state index is 9.13. The minimum absolute atomic E-state index is 0.146. The van der Waals surface area contributed by atoms with Crippen molar-refractivity contribution in [2.75, 3.05) is 24.6 Å². The lowest BCUT2D eigenvalue weighted by atomic mass is 10.1. The van der Waals surface area contributed by atoms with Gasteiger partial charge in [-0.25, -0.2) is 4.98 Å². The summed E-state index contributed by atoms with van der Waals surface area (Å²) in [5.74, 6) is 0. The monoisotopic (exact) mass is 382 g/mol. The Morgan fingerprint density at radius 3 is 2.59 bits per heavy atom. The molecule has 0 bridgehead atoms. The van der Waals surface area contributed by atoms with Crippen LogP contribution in [0.1, 0.15) is 32.3 Å². The minimum Gasteiger partial charge on any atom is -0.395 e. The number of rotatable bonds is 9. The van der Waals surface area contributed by atoms with Crippen LogP contribution in [-0.4, -0.2) is 29.8 Å². The van der Waals surface area contributed by atoms with Crippen molar-refractivity contribution in [3.05, 3.63) is 48.0 Å². The maximum absolute atomic E-state index is 9.13. The van der Waals surface area contributed by atoms with Crippen molar-refractivity contribution in [1.82, 2.24) is 4.98 Å². The standard InChI is InChI=1S/C21H26N4OS/c1-3-5-6-16-7-12-19-20(15-16)27-21(22-19)24-23-17-8-10-18(11-9-17)25(4-2)13-14-26/h7-12,15,26H,3-6,13-14H2,1-2H3. The Labute approximate surface area is 164 Å². The van der Waals surface area contributed by atoms with Crippen LogP contribution in [0.15, 0.2) is 52.7 Å². The summed E-state index contributed by atoms with van der Waals surface area (Å²) in [4.78, 5) is 6.67. The Kier molecular flexibility index (Phi) is 6.90. The molecular weight excluding hydrogens is 356 g/mol. The smallest absolute Gasteiger partial charge is 0.231 e. The second-order valence-corrected chi connectivity index (χ2v) is 7.43. The van der Waals surface area contributed by atoms with Gasteiger partial charge in [-0.1, -0.05) is 30.7 Å². The van der Waals surface area contributed by atoms with Crippen molar-refractivity contribution in [2.45, 2.75) is 33.1 Å². The minimum atomic E-state index is 0.146. The molecule has 27 heavy (non-hydrogen) atoms. The van der Waals surface area contributed by atoms with E-state index in [0.717, 1.165) is 34.6 Å². The molecule has 5 nitrogen and oxygen atoms in total. The molecule has 0 amide bonds. The highest BCUT2D eigenvalue weighted by molar-refractivity contribution is 7.21. The number of aromatic nitrogens is 1. The van der Waals surface area contributed by atoms with E-state index in [0.29, 0.717) is 11.7 Å². The number of aliphatic hydroxyl groups excluding tert-OH is 1. The molecule has 0 atom stereocenters. The van der Waals surface area contributed by atoms with E-state index in [1.807, 2.05) is 24.3 Å². The molecule has 2 aromatic carbocycles. The predicted octanol–water partition coefficient (Wildman–Crippen LogP) is 5.87. The Balaban J connectivity index is 1.71. The normalized spacial score (nSPS) is 11.5. The molecule has 1 aromatic heterocycles. The SMILES string of the molecule is CCCCc1ccc2nc(N=Nc3ccc(N(CC)CCO)cc3)sc2c1. The highest BCUT2D eigenvalue weighted by atomic mass is 32.1. The summed E-state index contributed by atoms with van der Waals surface area (Å²) >= 11 is 1.57. The first-order valence-corrected chi connectivity index (χ1v) is 10.3. The number of azo groups is 1. The summed E-state index contributed by atoms with van der Waals surface area (Å²) in [5, 5.41) is 18.4. The lowest BCUT2D eigenvalue weighted by Crippen LogP contribution is -2.25. The summed E-state index contributed by atoms with van der Waals surface area (Å²) in [6.45, 7) is 5.91. The number of nitrogens with zero attached hydrogens (tertiary/aromatic N) is 4. The fourth-order valence-corrected chi connectivity index (χ4v) is 3.81. The summed E-state index contributed by atoms with van der Waals surface area (Å²) in [6.07, 6.45) is 3.52. The van der Waals surface area contributed by atoms with Gasteiger partial charge in [0.1, 0.15) is 0 Å². The number of benzene rings is 2. The van der Waals surface area contributed by atoms with Gasteiger partial charge in [-0.05, 0) is 61.7 Å². The molecule has 0 aliphatic carbocycles. The van der Waals surface area contributed by atoms with Crippen molar-refractivity contribution >= 4 is 38.1 Å². The maximum Gasteiger partial charge on any atom is 0.231 e. The molecule has 0 unspecified atom stereocenters. The van der Waals surface area contributed by atoms with E-state index in [1.165, 1.54) is 18.4 Å². The Morgan fingerprint density at radius 2 is 1.89 bits per heavy atom. The number of fused-ring (bicyclic) bond motifs is 1. The number of hydrogen-bond acceptors (Lipinski definition) is 6. The first-order valence-electron chi connectivity index (χ1n) is 9.50. The average Bonchev–Trinajstić information content (AvgIpc) is 3.11. The van der Waals surface area contributed by atoms with Crippen LogP contribution >= 0.6 is 11.3 Å². The molecule has 0 aliphatic rings. The van der Waals surface area contributed by atoms with Gasteiger partial charge in [0.25, 0.3) is 0 Å². The number of unbranched alkanes of at least 4 members (excludes halogenated alkanes) is 1. The van der Waals surface area contributed by atoms with E-state index in [9.17, 15) is 0 Å². The van der Waals surface area contributed by atoms with Gasteiger partial charge in [0.15, 0.2) is 0 Å². The van der Waals surface area contributed by atoms with Gasteiger partial charge in [-0.2, -0.15) is 0 Å². The third-order valence-electron chi connectivity index (χ3n) is 4.48. The zero-order valence-corrected chi connectivity index (χ0v) is 16.7. The fraction of sp³-hybridized carbons (Fsp3) is 0.381. The van der Waals surface area contributed by atoms with E-state index in [-0.39, 0.29) is 6.61 Å². The number of aliphatic hydroxyl groups is 1. The largest absolute Gasteiger partial charge is 0.395 e. The average molecular weight is 383 g/mol. The van der Waals surface area contributed by atoms with Crippen molar-refractivity contribution < 1.29 is 5.11 Å². The van der Waals surface area contributed by atoms with Crippen LogP contribution in [-0.2, 0) is 6.42 Å². The van der Waals surface area contributed by atoms with Crippen molar-refractivity contribution in [3.63, 3.8) is 0 Å². The first kappa shape index (κ1) is 19.5. The van der Waals surface area contributed by atoms with Crippen LogP contribution in [0.2, 0.25) is 0 Å². The van der Waals surface area contributed by atoms with Gasteiger partial charge in [0.2, 0.25) is 5.13 Å². The van der Waals surface area contributed by atoms with Gasteiger partial charge >= 0.3 is 0 Å². The molecule has 3 rings (SSSR count). The van der Waals surface area contributed by atoms with E-state index >= 15 is 0 Å². The van der Waals surface area contributed by atoms with Crippen LogP contribution in [0.5, 0.6) is 0 Å². The second kappa shape index (κ2) is 9.58. The Bertz CT molecular complexity index is 889. The first-order chi connectivity index (χ1) is 13.2.